The third-order valence-electron chi connectivity index (χ3n) is 3.30. The standard InChI is InChI=1S/C16H18FNO4/c1-4-8-18-15(19)10(3)21-16(20)13-9(2)11-6-5-7-12(17)14(11)22-13/h5-7,10H,4,8H2,1-3H3,(H,18,19)/t10-/m1/s1. The number of fused-ring (bicyclic) bond motifs is 1. The quantitative estimate of drug-likeness (QED) is 0.862. The molecule has 0 unspecified atom stereocenters. The Kier molecular flexibility index (Phi) is 4.80. The van der Waals surface area contributed by atoms with Crippen LogP contribution in [-0.2, 0) is 9.53 Å². The van der Waals surface area contributed by atoms with Gasteiger partial charge in [-0.25, -0.2) is 9.18 Å². The van der Waals surface area contributed by atoms with Crippen LogP contribution in [0.4, 0.5) is 4.39 Å². The van der Waals surface area contributed by atoms with Crippen molar-refractivity contribution >= 4 is 22.8 Å². The molecule has 22 heavy (non-hydrogen) atoms. The largest absolute Gasteiger partial charge is 0.447 e. The topological polar surface area (TPSA) is 68.5 Å². The Bertz CT molecular complexity index is 707. The Morgan fingerprint density at radius 2 is 2.14 bits per heavy atom. The van der Waals surface area contributed by atoms with Crippen molar-refractivity contribution in [2.45, 2.75) is 33.3 Å². The van der Waals surface area contributed by atoms with Crippen molar-refractivity contribution in [3.8, 4) is 0 Å². The molecule has 1 aromatic heterocycles. The Morgan fingerprint density at radius 1 is 1.41 bits per heavy atom. The van der Waals surface area contributed by atoms with Crippen molar-refractivity contribution in [3.05, 3.63) is 35.3 Å². The number of ether oxygens (including phenoxy) is 1. The fourth-order valence-electron chi connectivity index (χ4n) is 2.06. The summed E-state index contributed by atoms with van der Waals surface area (Å²) in [5, 5.41) is 3.14. The summed E-state index contributed by atoms with van der Waals surface area (Å²) in [6.45, 7) is 5.55. The highest BCUT2D eigenvalue weighted by Gasteiger charge is 2.24. The molecule has 0 bridgehead atoms. The molecule has 0 aliphatic heterocycles. The minimum Gasteiger partial charge on any atom is -0.447 e. The van der Waals surface area contributed by atoms with Gasteiger partial charge in [-0.15, -0.1) is 0 Å². The van der Waals surface area contributed by atoms with Gasteiger partial charge < -0.3 is 14.5 Å². The van der Waals surface area contributed by atoms with Crippen LogP contribution >= 0.6 is 0 Å². The number of aryl methyl sites for hydroxylation is 1. The molecule has 118 valence electrons. The van der Waals surface area contributed by atoms with Crippen molar-refractivity contribution in [1.29, 1.82) is 0 Å². The number of nitrogens with one attached hydrogen (secondary N) is 1. The number of para-hydroxylation sites is 1. The minimum absolute atomic E-state index is 0.00929. The zero-order valence-corrected chi connectivity index (χ0v) is 12.7. The monoisotopic (exact) mass is 307 g/mol. The summed E-state index contributed by atoms with van der Waals surface area (Å²) in [5.41, 5.74) is 0.496. The van der Waals surface area contributed by atoms with Gasteiger partial charge in [0.25, 0.3) is 5.91 Å². The molecule has 1 heterocycles. The normalized spacial score (nSPS) is 12.2. The number of benzene rings is 1. The number of carbonyl (C=O) groups is 2. The molecular formula is C16H18FNO4. The van der Waals surface area contributed by atoms with Gasteiger partial charge in [-0.05, 0) is 26.3 Å². The zero-order valence-electron chi connectivity index (χ0n) is 12.7. The second kappa shape index (κ2) is 6.60. The predicted molar refractivity (Wildman–Crippen MR) is 79.1 cm³/mol. The molecule has 0 saturated heterocycles. The molecule has 2 rings (SSSR count). The van der Waals surface area contributed by atoms with Gasteiger partial charge in [0.1, 0.15) is 0 Å². The third-order valence-corrected chi connectivity index (χ3v) is 3.30. The van der Waals surface area contributed by atoms with E-state index in [1.54, 1.807) is 13.0 Å². The van der Waals surface area contributed by atoms with E-state index in [-0.39, 0.29) is 17.3 Å². The maximum atomic E-state index is 13.7. The first kappa shape index (κ1) is 16.0. The highest BCUT2D eigenvalue weighted by atomic mass is 19.1. The number of hydrogen-bond acceptors (Lipinski definition) is 4. The molecule has 2 aromatic rings. The Labute approximate surface area is 127 Å². The molecular weight excluding hydrogens is 289 g/mol. The number of halogens is 1. The average Bonchev–Trinajstić information content (AvgIpc) is 2.83. The first-order valence-corrected chi connectivity index (χ1v) is 7.12. The van der Waals surface area contributed by atoms with Crippen molar-refractivity contribution < 1.29 is 23.1 Å². The predicted octanol–water partition coefficient (Wildman–Crippen LogP) is 2.95. The van der Waals surface area contributed by atoms with E-state index < -0.39 is 17.9 Å². The maximum absolute atomic E-state index is 13.7. The molecule has 6 heteroatoms. The van der Waals surface area contributed by atoms with Crippen molar-refractivity contribution in [2.24, 2.45) is 0 Å². The third kappa shape index (κ3) is 3.10. The van der Waals surface area contributed by atoms with Crippen LogP contribution in [-0.4, -0.2) is 24.5 Å². The van der Waals surface area contributed by atoms with E-state index in [0.29, 0.717) is 17.5 Å². The van der Waals surface area contributed by atoms with Gasteiger partial charge in [0.05, 0.1) is 0 Å². The van der Waals surface area contributed by atoms with Crippen LogP contribution < -0.4 is 5.32 Å². The molecule has 0 saturated carbocycles. The van der Waals surface area contributed by atoms with E-state index >= 15 is 0 Å². The molecule has 1 aromatic carbocycles. The first-order chi connectivity index (χ1) is 10.5. The van der Waals surface area contributed by atoms with Gasteiger partial charge in [0, 0.05) is 17.5 Å². The lowest BCUT2D eigenvalue weighted by Crippen LogP contribution is -2.36. The van der Waals surface area contributed by atoms with Crippen LogP contribution in [0.25, 0.3) is 11.0 Å². The number of amides is 1. The van der Waals surface area contributed by atoms with Gasteiger partial charge in [-0.3, -0.25) is 4.79 Å². The van der Waals surface area contributed by atoms with Gasteiger partial charge in [0.2, 0.25) is 5.76 Å². The van der Waals surface area contributed by atoms with E-state index in [1.165, 1.54) is 19.1 Å². The van der Waals surface area contributed by atoms with Crippen LogP contribution in [0.1, 0.15) is 36.4 Å². The van der Waals surface area contributed by atoms with Crippen LogP contribution in [0.2, 0.25) is 0 Å². The zero-order chi connectivity index (χ0) is 16.3. The molecule has 0 aliphatic rings. The summed E-state index contributed by atoms with van der Waals surface area (Å²) in [6, 6.07) is 4.45. The smallest absolute Gasteiger partial charge is 0.375 e. The van der Waals surface area contributed by atoms with Crippen LogP contribution in [0, 0.1) is 12.7 Å². The summed E-state index contributed by atoms with van der Waals surface area (Å²) in [6.07, 6.45) is -0.162. The lowest BCUT2D eigenvalue weighted by Gasteiger charge is -2.12. The molecule has 0 fully saturated rings. The second-order valence-electron chi connectivity index (χ2n) is 5.01. The summed E-state index contributed by atoms with van der Waals surface area (Å²) in [7, 11) is 0. The first-order valence-electron chi connectivity index (χ1n) is 7.12. The van der Waals surface area contributed by atoms with E-state index in [9.17, 15) is 14.0 Å². The average molecular weight is 307 g/mol. The molecule has 0 spiro atoms. The summed E-state index contributed by atoms with van der Waals surface area (Å²) < 4.78 is 24.0. The van der Waals surface area contributed by atoms with Crippen molar-refractivity contribution in [1.82, 2.24) is 5.32 Å². The van der Waals surface area contributed by atoms with E-state index in [4.69, 9.17) is 9.15 Å². The Hall–Kier alpha value is -2.37. The fraction of sp³-hybridized carbons (Fsp3) is 0.375. The number of rotatable bonds is 5. The number of esters is 1. The van der Waals surface area contributed by atoms with Gasteiger partial charge in [-0.1, -0.05) is 19.1 Å². The fourth-order valence-corrected chi connectivity index (χ4v) is 2.06. The second-order valence-corrected chi connectivity index (χ2v) is 5.01. The van der Waals surface area contributed by atoms with E-state index in [2.05, 4.69) is 5.32 Å². The van der Waals surface area contributed by atoms with Crippen molar-refractivity contribution in [2.75, 3.05) is 6.54 Å². The van der Waals surface area contributed by atoms with Crippen molar-refractivity contribution in [3.63, 3.8) is 0 Å². The number of carbonyl (C=O) groups excluding carboxylic acids is 2. The maximum Gasteiger partial charge on any atom is 0.375 e. The highest BCUT2D eigenvalue weighted by Crippen LogP contribution is 2.27. The summed E-state index contributed by atoms with van der Waals surface area (Å²) in [5.74, 6) is -1.80. The van der Waals surface area contributed by atoms with E-state index in [0.717, 1.165) is 6.42 Å². The molecule has 5 nitrogen and oxygen atoms in total. The SMILES string of the molecule is CCCNC(=O)[C@@H](C)OC(=O)c1oc2c(F)cccc2c1C. The number of hydrogen-bond donors (Lipinski definition) is 1. The van der Waals surface area contributed by atoms with Gasteiger partial charge >= 0.3 is 5.97 Å². The van der Waals surface area contributed by atoms with Gasteiger partial charge in [0.15, 0.2) is 17.5 Å². The summed E-state index contributed by atoms with van der Waals surface area (Å²) >= 11 is 0. The Balaban J connectivity index is 2.18. The van der Waals surface area contributed by atoms with E-state index in [1.807, 2.05) is 6.92 Å². The molecule has 0 aliphatic carbocycles. The lowest BCUT2D eigenvalue weighted by molar-refractivity contribution is -0.129. The highest BCUT2D eigenvalue weighted by molar-refractivity contribution is 5.97. The molecule has 1 N–H and O–H groups in total. The molecule has 0 radical (unpaired) electrons. The van der Waals surface area contributed by atoms with Gasteiger partial charge in [-0.2, -0.15) is 0 Å². The lowest BCUT2D eigenvalue weighted by atomic mass is 10.1. The molecule has 1 amide bonds. The van der Waals surface area contributed by atoms with Crippen LogP contribution in [0.5, 0.6) is 0 Å². The molecule has 1 atom stereocenters. The van der Waals surface area contributed by atoms with Crippen LogP contribution in [0.15, 0.2) is 22.6 Å². The Morgan fingerprint density at radius 3 is 2.77 bits per heavy atom. The van der Waals surface area contributed by atoms with Crippen LogP contribution in [0.3, 0.4) is 0 Å². The summed E-state index contributed by atoms with van der Waals surface area (Å²) in [4.78, 5) is 23.8. The minimum atomic E-state index is -0.948. The number of furan rings is 1.